The summed E-state index contributed by atoms with van der Waals surface area (Å²) in [5.74, 6) is 0. The summed E-state index contributed by atoms with van der Waals surface area (Å²) in [5, 5.41) is 3.21. The van der Waals surface area contributed by atoms with Crippen LogP contribution >= 0.6 is 15.9 Å². The van der Waals surface area contributed by atoms with Crippen LogP contribution in [0.5, 0.6) is 0 Å². The number of aromatic nitrogens is 1. The fourth-order valence-corrected chi connectivity index (χ4v) is 1.01. The third kappa shape index (κ3) is 3.39. The van der Waals surface area contributed by atoms with Crippen molar-refractivity contribution in [3.63, 3.8) is 0 Å². The Balaban J connectivity index is 2.19. The number of hydrogen-bond donors (Lipinski definition) is 2. The SMILES string of the molecule is C=C(Br)CNCc1ccc[nH]1. The molecule has 0 saturated carbocycles. The lowest BCUT2D eigenvalue weighted by atomic mass is 10.4. The monoisotopic (exact) mass is 214 g/mol. The maximum absolute atomic E-state index is 3.72. The van der Waals surface area contributed by atoms with Gasteiger partial charge in [-0.25, -0.2) is 0 Å². The third-order valence-electron chi connectivity index (χ3n) is 1.29. The number of rotatable bonds is 4. The third-order valence-corrected chi connectivity index (χ3v) is 1.57. The van der Waals surface area contributed by atoms with Gasteiger partial charge in [0.25, 0.3) is 0 Å². The molecule has 0 aromatic carbocycles. The van der Waals surface area contributed by atoms with E-state index in [0.29, 0.717) is 0 Å². The summed E-state index contributed by atoms with van der Waals surface area (Å²) in [7, 11) is 0. The van der Waals surface area contributed by atoms with Crippen molar-refractivity contribution in [3.05, 3.63) is 35.1 Å². The van der Waals surface area contributed by atoms with Gasteiger partial charge in [-0.15, -0.1) is 0 Å². The summed E-state index contributed by atoms with van der Waals surface area (Å²) < 4.78 is 0.976. The van der Waals surface area contributed by atoms with Crippen LogP contribution in [0.4, 0.5) is 0 Å². The molecule has 0 unspecified atom stereocenters. The lowest BCUT2D eigenvalue weighted by Crippen LogP contribution is -2.14. The zero-order valence-electron chi connectivity index (χ0n) is 6.23. The minimum absolute atomic E-state index is 0.805. The molecule has 3 heteroatoms. The Bertz CT molecular complexity index is 216. The van der Waals surface area contributed by atoms with Crippen molar-refractivity contribution in [1.82, 2.24) is 10.3 Å². The van der Waals surface area contributed by atoms with Gasteiger partial charge in [-0.1, -0.05) is 22.5 Å². The van der Waals surface area contributed by atoms with Crippen molar-refractivity contribution in [2.45, 2.75) is 6.54 Å². The molecule has 0 amide bonds. The van der Waals surface area contributed by atoms with E-state index < -0.39 is 0 Å². The van der Waals surface area contributed by atoms with Crippen molar-refractivity contribution in [3.8, 4) is 0 Å². The molecule has 1 heterocycles. The highest BCUT2D eigenvalue weighted by Crippen LogP contribution is 1.98. The van der Waals surface area contributed by atoms with E-state index in [1.54, 1.807) is 0 Å². The molecule has 0 fully saturated rings. The van der Waals surface area contributed by atoms with Gasteiger partial charge in [-0.05, 0) is 12.1 Å². The van der Waals surface area contributed by atoms with Crippen LogP contribution in [-0.2, 0) is 6.54 Å². The first-order valence-electron chi connectivity index (χ1n) is 3.45. The van der Waals surface area contributed by atoms with E-state index in [0.717, 1.165) is 17.6 Å². The summed E-state index contributed by atoms with van der Waals surface area (Å²) in [6.45, 7) is 5.38. The Morgan fingerprint density at radius 1 is 1.73 bits per heavy atom. The van der Waals surface area contributed by atoms with E-state index in [1.807, 2.05) is 18.3 Å². The predicted octanol–water partition coefficient (Wildman–Crippen LogP) is 2.01. The summed E-state index contributed by atoms with van der Waals surface area (Å²) >= 11 is 3.27. The average Bonchev–Trinajstić information content (AvgIpc) is 2.39. The molecule has 0 spiro atoms. The zero-order valence-corrected chi connectivity index (χ0v) is 7.82. The first kappa shape index (κ1) is 8.56. The zero-order chi connectivity index (χ0) is 8.10. The first-order valence-corrected chi connectivity index (χ1v) is 4.24. The maximum atomic E-state index is 3.72. The molecule has 0 radical (unpaired) electrons. The highest BCUT2D eigenvalue weighted by Gasteiger charge is 1.91. The Labute approximate surface area is 74.8 Å². The average molecular weight is 215 g/mol. The number of halogens is 1. The van der Waals surface area contributed by atoms with Crippen LogP contribution in [0.25, 0.3) is 0 Å². The first-order chi connectivity index (χ1) is 5.29. The van der Waals surface area contributed by atoms with Crippen molar-refractivity contribution in [1.29, 1.82) is 0 Å². The van der Waals surface area contributed by atoms with E-state index in [1.165, 1.54) is 5.69 Å². The molecule has 0 aliphatic rings. The van der Waals surface area contributed by atoms with Gasteiger partial charge >= 0.3 is 0 Å². The Morgan fingerprint density at radius 3 is 3.09 bits per heavy atom. The molecule has 0 aliphatic carbocycles. The molecule has 2 nitrogen and oxygen atoms in total. The van der Waals surface area contributed by atoms with Gasteiger partial charge in [-0.3, -0.25) is 0 Å². The van der Waals surface area contributed by atoms with Gasteiger partial charge in [0.2, 0.25) is 0 Å². The fourth-order valence-electron chi connectivity index (χ4n) is 0.810. The summed E-state index contributed by atoms with van der Waals surface area (Å²) in [6, 6.07) is 4.03. The van der Waals surface area contributed by atoms with E-state index >= 15 is 0 Å². The Hall–Kier alpha value is -0.540. The standard InChI is InChI=1S/C8H11BrN2/c1-7(9)5-10-6-8-3-2-4-11-8/h2-4,10-11H,1,5-6H2. The summed E-state index contributed by atoms with van der Waals surface area (Å²) in [6.07, 6.45) is 1.92. The molecular weight excluding hydrogens is 204 g/mol. The number of hydrogen-bond acceptors (Lipinski definition) is 1. The second kappa shape index (κ2) is 4.36. The van der Waals surface area contributed by atoms with E-state index in [9.17, 15) is 0 Å². The van der Waals surface area contributed by atoms with Crippen molar-refractivity contribution in [2.24, 2.45) is 0 Å². The highest BCUT2D eigenvalue weighted by molar-refractivity contribution is 9.11. The molecule has 1 aromatic heterocycles. The van der Waals surface area contributed by atoms with Crippen LogP contribution in [-0.4, -0.2) is 11.5 Å². The van der Waals surface area contributed by atoms with Crippen LogP contribution in [0, 0.1) is 0 Å². The van der Waals surface area contributed by atoms with E-state index in [4.69, 9.17) is 0 Å². The predicted molar refractivity (Wildman–Crippen MR) is 50.6 cm³/mol. The second-order valence-electron chi connectivity index (χ2n) is 2.32. The topological polar surface area (TPSA) is 27.8 Å². The Kier molecular flexibility index (Phi) is 3.39. The van der Waals surface area contributed by atoms with Gasteiger partial charge < -0.3 is 10.3 Å². The van der Waals surface area contributed by atoms with Crippen LogP contribution in [0.15, 0.2) is 29.4 Å². The Morgan fingerprint density at radius 2 is 2.55 bits per heavy atom. The number of nitrogens with one attached hydrogen (secondary N) is 2. The largest absolute Gasteiger partial charge is 0.364 e. The molecule has 0 atom stereocenters. The molecule has 11 heavy (non-hydrogen) atoms. The molecule has 60 valence electrons. The molecule has 2 N–H and O–H groups in total. The highest BCUT2D eigenvalue weighted by atomic mass is 79.9. The van der Waals surface area contributed by atoms with Gasteiger partial charge in [0.15, 0.2) is 0 Å². The maximum Gasteiger partial charge on any atom is 0.0360 e. The molecule has 1 aromatic rings. The molecule has 0 aliphatic heterocycles. The lowest BCUT2D eigenvalue weighted by Gasteiger charge is -1.99. The minimum Gasteiger partial charge on any atom is -0.364 e. The van der Waals surface area contributed by atoms with Crippen LogP contribution in [0.1, 0.15) is 5.69 Å². The van der Waals surface area contributed by atoms with Gasteiger partial charge in [0, 0.05) is 29.5 Å². The van der Waals surface area contributed by atoms with Gasteiger partial charge in [0.05, 0.1) is 0 Å². The molecule has 0 saturated heterocycles. The van der Waals surface area contributed by atoms with E-state index in [2.05, 4.69) is 32.8 Å². The van der Waals surface area contributed by atoms with E-state index in [-0.39, 0.29) is 0 Å². The van der Waals surface area contributed by atoms with Crippen molar-refractivity contribution >= 4 is 15.9 Å². The number of H-pyrrole nitrogens is 1. The van der Waals surface area contributed by atoms with Crippen LogP contribution < -0.4 is 5.32 Å². The second-order valence-corrected chi connectivity index (χ2v) is 3.44. The number of aromatic amines is 1. The van der Waals surface area contributed by atoms with Crippen LogP contribution in [0.2, 0.25) is 0 Å². The van der Waals surface area contributed by atoms with Crippen molar-refractivity contribution in [2.75, 3.05) is 6.54 Å². The van der Waals surface area contributed by atoms with Gasteiger partial charge in [0.1, 0.15) is 0 Å². The summed E-state index contributed by atoms with van der Waals surface area (Å²) in [4.78, 5) is 3.10. The molecule has 0 bridgehead atoms. The normalized spacial score (nSPS) is 9.91. The van der Waals surface area contributed by atoms with Gasteiger partial charge in [-0.2, -0.15) is 0 Å². The van der Waals surface area contributed by atoms with Crippen LogP contribution in [0.3, 0.4) is 0 Å². The molecule has 1 rings (SSSR count). The quantitative estimate of drug-likeness (QED) is 0.789. The fraction of sp³-hybridized carbons (Fsp3) is 0.250. The smallest absolute Gasteiger partial charge is 0.0360 e. The van der Waals surface area contributed by atoms with Crippen molar-refractivity contribution < 1.29 is 0 Å². The lowest BCUT2D eigenvalue weighted by molar-refractivity contribution is 0.742. The minimum atomic E-state index is 0.805. The molecular formula is C8H11BrN2. The summed E-state index contributed by atoms with van der Waals surface area (Å²) in [5.41, 5.74) is 1.19.